The Morgan fingerprint density at radius 1 is 1.11 bits per heavy atom. The summed E-state index contributed by atoms with van der Waals surface area (Å²) in [5.74, 6) is -1.97. The van der Waals surface area contributed by atoms with Crippen LogP contribution >= 0.6 is 0 Å². The first-order valence-electron chi connectivity index (χ1n) is 7.92. The van der Waals surface area contributed by atoms with Crippen LogP contribution in [0.3, 0.4) is 0 Å². The zero-order valence-corrected chi connectivity index (χ0v) is 15.3. The van der Waals surface area contributed by atoms with E-state index >= 15 is 0 Å². The Kier molecular flexibility index (Phi) is 5.24. The van der Waals surface area contributed by atoms with E-state index < -0.39 is 26.6 Å². The highest BCUT2D eigenvalue weighted by atomic mass is 32.2. The molecule has 28 heavy (non-hydrogen) atoms. The van der Waals surface area contributed by atoms with Crippen molar-refractivity contribution in [1.29, 1.82) is 5.26 Å². The van der Waals surface area contributed by atoms with Gasteiger partial charge in [0.25, 0.3) is 10.0 Å². The summed E-state index contributed by atoms with van der Waals surface area (Å²) < 4.78 is 60.1. The van der Waals surface area contributed by atoms with Gasteiger partial charge in [-0.3, -0.25) is 4.72 Å². The summed E-state index contributed by atoms with van der Waals surface area (Å²) >= 11 is 0. The van der Waals surface area contributed by atoms with Gasteiger partial charge in [-0.15, -0.1) is 0 Å². The standard InChI is InChI=1S/C19H13F2N3O3S/c1-12-10-14(27-19-13(11-22)4-3-9-23-19)7-8-17(12)24-28(25,26)18-15(20)5-2-6-16(18)21/h2-10,24H,1H3. The molecule has 0 unspecified atom stereocenters. The van der Waals surface area contributed by atoms with Crippen LogP contribution in [0.25, 0.3) is 0 Å². The van der Waals surface area contributed by atoms with E-state index in [2.05, 4.69) is 9.71 Å². The van der Waals surface area contributed by atoms with E-state index in [0.29, 0.717) is 11.3 Å². The second-order valence-corrected chi connectivity index (χ2v) is 7.32. The van der Waals surface area contributed by atoms with Crippen molar-refractivity contribution in [2.75, 3.05) is 4.72 Å². The fourth-order valence-corrected chi connectivity index (χ4v) is 3.69. The molecule has 0 radical (unpaired) electrons. The minimum absolute atomic E-state index is 0.103. The van der Waals surface area contributed by atoms with Gasteiger partial charge in [0.15, 0.2) is 4.90 Å². The molecule has 1 N–H and O–H groups in total. The normalized spacial score (nSPS) is 10.9. The Morgan fingerprint density at radius 2 is 1.82 bits per heavy atom. The Bertz CT molecular complexity index is 1170. The van der Waals surface area contributed by atoms with Crippen LogP contribution in [0.2, 0.25) is 0 Å². The summed E-state index contributed by atoms with van der Waals surface area (Å²) in [6, 6.07) is 12.2. The molecule has 0 saturated heterocycles. The third-order valence-electron chi connectivity index (χ3n) is 3.74. The molecule has 0 aliphatic rings. The number of anilines is 1. The monoisotopic (exact) mass is 401 g/mol. The first-order valence-corrected chi connectivity index (χ1v) is 9.40. The second-order valence-electron chi connectivity index (χ2n) is 5.70. The number of halogens is 2. The van der Waals surface area contributed by atoms with Crippen LogP contribution in [-0.2, 0) is 10.0 Å². The zero-order valence-electron chi connectivity index (χ0n) is 14.5. The van der Waals surface area contributed by atoms with Crippen molar-refractivity contribution >= 4 is 15.7 Å². The predicted molar refractivity (Wildman–Crippen MR) is 97.4 cm³/mol. The average Bonchev–Trinajstić information content (AvgIpc) is 2.64. The van der Waals surface area contributed by atoms with Crippen molar-refractivity contribution in [2.24, 2.45) is 0 Å². The molecule has 0 fully saturated rings. The van der Waals surface area contributed by atoms with Crippen LogP contribution in [0, 0.1) is 29.9 Å². The average molecular weight is 401 g/mol. The Hall–Kier alpha value is -3.51. The number of rotatable bonds is 5. The Balaban J connectivity index is 1.88. The molecule has 3 aromatic rings. The van der Waals surface area contributed by atoms with Gasteiger partial charge in [0.05, 0.1) is 5.69 Å². The fourth-order valence-electron chi connectivity index (χ4n) is 2.42. The topological polar surface area (TPSA) is 92.1 Å². The maximum atomic E-state index is 13.8. The number of ether oxygens (including phenoxy) is 1. The lowest BCUT2D eigenvalue weighted by Gasteiger charge is -2.13. The molecule has 2 aromatic carbocycles. The van der Waals surface area contributed by atoms with Crippen LogP contribution < -0.4 is 9.46 Å². The highest BCUT2D eigenvalue weighted by molar-refractivity contribution is 7.92. The molecule has 0 amide bonds. The Labute approximate surface area is 160 Å². The number of pyridine rings is 1. The Morgan fingerprint density at radius 3 is 2.46 bits per heavy atom. The lowest BCUT2D eigenvalue weighted by Crippen LogP contribution is -2.17. The third-order valence-corrected chi connectivity index (χ3v) is 5.15. The highest BCUT2D eigenvalue weighted by Crippen LogP contribution is 2.29. The molecule has 1 aromatic heterocycles. The lowest BCUT2D eigenvalue weighted by molar-refractivity contribution is 0.461. The van der Waals surface area contributed by atoms with E-state index in [0.717, 1.165) is 18.2 Å². The zero-order chi connectivity index (χ0) is 20.3. The SMILES string of the molecule is Cc1cc(Oc2ncccc2C#N)ccc1NS(=O)(=O)c1c(F)cccc1F. The van der Waals surface area contributed by atoms with Crippen molar-refractivity contribution in [3.05, 3.63) is 77.5 Å². The van der Waals surface area contributed by atoms with E-state index in [1.54, 1.807) is 19.1 Å². The van der Waals surface area contributed by atoms with Crippen molar-refractivity contribution in [1.82, 2.24) is 4.98 Å². The quantitative estimate of drug-likeness (QED) is 0.694. The third kappa shape index (κ3) is 3.92. The highest BCUT2D eigenvalue weighted by Gasteiger charge is 2.24. The summed E-state index contributed by atoms with van der Waals surface area (Å²) in [7, 11) is -4.48. The second kappa shape index (κ2) is 7.62. The molecule has 6 nitrogen and oxygen atoms in total. The van der Waals surface area contributed by atoms with E-state index in [1.807, 2.05) is 6.07 Å². The smallest absolute Gasteiger partial charge is 0.267 e. The van der Waals surface area contributed by atoms with E-state index in [9.17, 15) is 17.2 Å². The fraction of sp³-hybridized carbons (Fsp3) is 0.0526. The number of aryl methyl sites for hydroxylation is 1. The summed E-state index contributed by atoms with van der Waals surface area (Å²) in [5, 5.41) is 9.07. The number of nitrogens with one attached hydrogen (secondary N) is 1. The van der Waals surface area contributed by atoms with Gasteiger partial charge in [-0.2, -0.15) is 5.26 Å². The number of sulfonamides is 1. The minimum Gasteiger partial charge on any atom is -0.438 e. The van der Waals surface area contributed by atoms with Gasteiger partial charge < -0.3 is 4.74 Å². The van der Waals surface area contributed by atoms with Crippen LogP contribution in [0.4, 0.5) is 14.5 Å². The molecule has 0 spiro atoms. The summed E-state index contributed by atoms with van der Waals surface area (Å²) in [4.78, 5) is 2.92. The van der Waals surface area contributed by atoms with Gasteiger partial charge in [0, 0.05) is 6.20 Å². The van der Waals surface area contributed by atoms with E-state index in [1.165, 1.54) is 24.4 Å². The number of benzene rings is 2. The van der Waals surface area contributed by atoms with Gasteiger partial charge in [-0.05, 0) is 55.0 Å². The van der Waals surface area contributed by atoms with Crippen LogP contribution in [0.1, 0.15) is 11.1 Å². The van der Waals surface area contributed by atoms with E-state index in [4.69, 9.17) is 10.00 Å². The number of nitriles is 1. The molecular weight excluding hydrogens is 388 g/mol. The molecule has 0 aliphatic heterocycles. The van der Waals surface area contributed by atoms with Crippen LogP contribution in [0.15, 0.2) is 59.6 Å². The molecular formula is C19H13F2N3O3S. The van der Waals surface area contributed by atoms with Gasteiger partial charge in [-0.1, -0.05) is 6.07 Å². The van der Waals surface area contributed by atoms with Crippen molar-refractivity contribution in [3.63, 3.8) is 0 Å². The van der Waals surface area contributed by atoms with Crippen molar-refractivity contribution in [2.45, 2.75) is 11.8 Å². The number of nitrogens with zero attached hydrogens (tertiary/aromatic N) is 2. The van der Waals surface area contributed by atoms with Gasteiger partial charge >= 0.3 is 0 Å². The lowest BCUT2D eigenvalue weighted by atomic mass is 10.2. The molecule has 0 bridgehead atoms. The van der Waals surface area contributed by atoms with Gasteiger partial charge in [0.2, 0.25) is 5.88 Å². The molecule has 9 heteroatoms. The molecule has 1 heterocycles. The number of hydrogen-bond donors (Lipinski definition) is 1. The molecule has 3 rings (SSSR count). The molecule has 0 saturated carbocycles. The van der Waals surface area contributed by atoms with Crippen LogP contribution in [0.5, 0.6) is 11.6 Å². The number of aromatic nitrogens is 1. The first kappa shape index (κ1) is 19.3. The predicted octanol–water partition coefficient (Wildman–Crippen LogP) is 4.13. The van der Waals surface area contributed by atoms with Crippen molar-refractivity contribution in [3.8, 4) is 17.7 Å². The van der Waals surface area contributed by atoms with Crippen LogP contribution in [-0.4, -0.2) is 13.4 Å². The summed E-state index contributed by atoms with van der Waals surface area (Å²) in [6.45, 7) is 1.59. The first-order chi connectivity index (χ1) is 13.3. The summed E-state index contributed by atoms with van der Waals surface area (Å²) in [6.07, 6.45) is 1.47. The largest absolute Gasteiger partial charge is 0.438 e. The molecule has 0 aliphatic carbocycles. The minimum atomic E-state index is -4.48. The van der Waals surface area contributed by atoms with Crippen molar-refractivity contribution < 1.29 is 21.9 Å². The summed E-state index contributed by atoms with van der Waals surface area (Å²) in [5.41, 5.74) is 0.795. The van der Waals surface area contributed by atoms with Gasteiger partial charge in [-0.25, -0.2) is 22.2 Å². The number of hydrogen-bond acceptors (Lipinski definition) is 5. The van der Waals surface area contributed by atoms with Gasteiger partial charge in [0.1, 0.15) is 29.0 Å². The molecule has 142 valence electrons. The molecule has 0 atom stereocenters. The maximum Gasteiger partial charge on any atom is 0.267 e. The van der Waals surface area contributed by atoms with E-state index in [-0.39, 0.29) is 17.1 Å². The maximum absolute atomic E-state index is 13.8.